The fourth-order valence-electron chi connectivity index (χ4n) is 2.38. The van der Waals surface area contributed by atoms with E-state index in [1.54, 1.807) is 30.6 Å². The summed E-state index contributed by atoms with van der Waals surface area (Å²) in [6, 6.07) is 6.71. The number of piperidine rings is 1. The van der Waals surface area contributed by atoms with E-state index in [-0.39, 0.29) is 11.8 Å². The van der Waals surface area contributed by atoms with E-state index in [2.05, 4.69) is 20.6 Å². The fraction of sp³-hybridized carbons (Fsp3) is 0.267. The molecule has 6 nitrogen and oxygen atoms in total. The first kappa shape index (κ1) is 13.4. The number of rotatable bonds is 3. The second kappa shape index (κ2) is 5.78. The molecule has 2 amide bonds. The molecule has 2 heterocycles. The Balaban J connectivity index is 1.75. The molecule has 2 aromatic rings. The number of hydrogen-bond donors (Lipinski definition) is 3. The number of nitrogens with zero attached hydrogens (tertiary/aromatic N) is 1. The minimum absolute atomic E-state index is 0.114. The molecule has 1 aliphatic heterocycles. The summed E-state index contributed by atoms with van der Waals surface area (Å²) < 4.78 is 0. The van der Waals surface area contributed by atoms with Crippen molar-refractivity contribution in [1.82, 2.24) is 20.6 Å². The highest BCUT2D eigenvalue weighted by molar-refractivity contribution is 5.98. The summed E-state index contributed by atoms with van der Waals surface area (Å²) in [6.45, 7) is 0.680. The Morgan fingerprint density at radius 1 is 1.38 bits per heavy atom. The zero-order valence-corrected chi connectivity index (χ0v) is 11.4. The first-order valence-electron chi connectivity index (χ1n) is 6.92. The van der Waals surface area contributed by atoms with Gasteiger partial charge in [-0.05, 0) is 25.0 Å². The molecule has 1 aromatic carbocycles. The van der Waals surface area contributed by atoms with E-state index in [1.165, 1.54) is 0 Å². The molecule has 0 radical (unpaired) electrons. The van der Waals surface area contributed by atoms with Crippen LogP contribution in [0.1, 0.15) is 23.2 Å². The van der Waals surface area contributed by atoms with Crippen molar-refractivity contribution in [2.75, 3.05) is 6.54 Å². The van der Waals surface area contributed by atoms with Gasteiger partial charge in [-0.1, -0.05) is 12.1 Å². The number of amides is 2. The standard InChI is InChI=1S/C15H16N4O2/c20-14(19-12-5-2-6-18-15(12)21)11-4-1-3-10(9-11)13-16-7-8-17-13/h1,3-4,7-9,12H,2,5-6H2,(H,16,17)(H,18,21)(H,19,20)/t12-/m0/s1. The molecule has 0 unspecified atom stereocenters. The summed E-state index contributed by atoms with van der Waals surface area (Å²) in [5.41, 5.74) is 1.35. The Bertz CT molecular complexity index is 651. The van der Waals surface area contributed by atoms with E-state index in [9.17, 15) is 9.59 Å². The summed E-state index contributed by atoms with van der Waals surface area (Å²) in [7, 11) is 0. The molecule has 6 heteroatoms. The van der Waals surface area contributed by atoms with Crippen LogP contribution in [0.15, 0.2) is 36.7 Å². The predicted octanol–water partition coefficient (Wildman–Crippen LogP) is 1.09. The SMILES string of the molecule is O=C(N[C@H]1CCCNC1=O)c1cccc(-c2ncc[nH]2)c1. The van der Waals surface area contributed by atoms with Gasteiger partial charge in [-0.2, -0.15) is 0 Å². The molecule has 1 aliphatic rings. The van der Waals surface area contributed by atoms with Crippen LogP contribution in [0.5, 0.6) is 0 Å². The summed E-state index contributed by atoms with van der Waals surface area (Å²) in [4.78, 5) is 31.1. The van der Waals surface area contributed by atoms with E-state index >= 15 is 0 Å². The molecule has 1 fully saturated rings. The quantitative estimate of drug-likeness (QED) is 0.788. The maximum atomic E-state index is 12.3. The zero-order chi connectivity index (χ0) is 14.7. The Morgan fingerprint density at radius 2 is 2.29 bits per heavy atom. The Morgan fingerprint density at radius 3 is 3.05 bits per heavy atom. The van der Waals surface area contributed by atoms with Crippen LogP contribution >= 0.6 is 0 Å². The first-order valence-corrected chi connectivity index (χ1v) is 6.92. The number of carbonyl (C=O) groups excluding carboxylic acids is 2. The zero-order valence-electron chi connectivity index (χ0n) is 11.4. The van der Waals surface area contributed by atoms with Gasteiger partial charge < -0.3 is 15.6 Å². The molecule has 0 spiro atoms. The normalized spacial score (nSPS) is 18.1. The maximum Gasteiger partial charge on any atom is 0.251 e. The van der Waals surface area contributed by atoms with Crippen molar-refractivity contribution < 1.29 is 9.59 Å². The Hall–Kier alpha value is -2.63. The number of carbonyl (C=O) groups is 2. The average Bonchev–Trinajstić information content (AvgIpc) is 3.04. The lowest BCUT2D eigenvalue weighted by atomic mass is 10.1. The highest BCUT2D eigenvalue weighted by atomic mass is 16.2. The molecular formula is C15H16N4O2. The van der Waals surface area contributed by atoms with Crippen LogP contribution in [0.3, 0.4) is 0 Å². The predicted molar refractivity (Wildman–Crippen MR) is 77.5 cm³/mol. The van der Waals surface area contributed by atoms with Crippen LogP contribution in [0.2, 0.25) is 0 Å². The van der Waals surface area contributed by atoms with E-state index < -0.39 is 6.04 Å². The lowest BCUT2D eigenvalue weighted by Crippen LogP contribution is -2.50. The molecule has 0 bridgehead atoms. The van der Waals surface area contributed by atoms with Crippen molar-refractivity contribution >= 4 is 11.8 Å². The number of nitrogens with one attached hydrogen (secondary N) is 3. The van der Waals surface area contributed by atoms with E-state index in [4.69, 9.17) is 0 Å². The summed E-state index contributed by atoms with van der Waals surface area (Å²) in [5, 5.41) is 5.53. The van der Waals surface area contributed by atoms with E-state index in [1.807, 2.05) is 6.07 Å². The largest absolute Gasteiger partial charge is 0.354 e. The van der Waals surface area contributed by atoms with Gasteiger partial charge in [0.2, 0.25) is 5.91 Å². The van der Waals surface area contributed by atoms with Crippen LogP contribution in [0.25, 0.3) is 11.4 Å². The van der Waals surface area contributed by atoms with Crippen molar-refractivity contribution in [1.29, 1.82) is 0 Å². The van der Waals surface area contributed by atoms with Gasteiger partial charge >= 0.3 is 0 Å². The smallest absolute Gasteiger partial charge is 0.251 e. The molecule has 3 N–H and O–H groups in total. The minimum Gasteiger partial charge on any atom is -0.354 e. The van der Waals surface area contributed by atoms with Gasteiger partial charge in [0.05, 0.1) is 0 Å². The summed E-state index contributed by atoms with van der Waals surface area (Å²) in [5.74, 6) is 0.349. The molecule has 1 saturated heterocycles. The first-order chi connectivity index (χ1) is 10.2. The van der Waals surface area contributed by atoms with Crippen molar-refractivity contribution in [2.24, 2.45) is 0 Å². The third-order valence-electron chi connectivity index (χ3n) is 3.49. The number of aromatic nitrogens is 2. The van der Waals surface area contributed by atoms with Crippen LogP contribution in [0.4, 0.5) is 0 Å². The molecular weight excluding hydrogens is 268 g/mol. The van der Waals surface area contributed by atoms with Gasteiger partial charge in [0.25, 0.3) is 5.91 Å². The minimum atomic E-state index is -0.446. The van der Waals surface area contributed by atoms with Gasteiger partial charge in [-0.15, -0.1) is 0 Å². The van der Waals surface area contributed by atoms with Crippen LogP contribution in [0, 0.1) is 0 Å². The highest BCUT2D eigenvalue weighted by Crippen LogP contribution is 2.16. The second-order valence-electron chi connectivity index (χ2n) is 4.98. The Kier molecular flexibility index (Phi) is 3.68. The summed E-state index contributed by atoms with van der Waals surface area (Å²) >= 11 is 0. The highest BCUT2D eigenvalue weighted by Gasteiger charge is 2.24. The average molecular weight is 284 g/mol. The third kappa shape index (κ3) is 2.94. The van der Waals surface area contributed by atoms with Crippen LogP contribution < -0.4 is 10.6 Å². The number of aromatic amines is 1. The number of H-pyrrole nitrogens is 1. The van der Waals surface area contributed by atoms with Crippen molar-refractivity contribution in [3.05, 3.63) is 42.2 Å². The fourth-order valence-corrected chi connectivity index (χ4v) is 2.38. The summed E-state index contributed by atoms with van der Waals surface area (Å²) in [6.07, 6.45) is 4.95. The number of benzene rings is 1. The van der Waals surface area contributed by atoms with Crippen LogP contribution in [-0.2, 0) is 4.79 Å². The molecule has 0 saturated carbocycles. The van der Waals surface area contributed by atoms with Gasteiger partial charge in [0.15, 0.2) is 0 Å². The van der Waals surface area contributed by atoms with Crippen molar-refractivity contribution in [3.63, 3.8) is 0 Å². The maximum absolute atomic E-state index is 12.3. The third-order valence-corrected chi connectivity index (χ3v) is 3.49. The van der Waals surface area contributed by atoms with Gasteiger partial charge in [-0.25, -0.2) is 4.98 Å². The lowest BCUT2D eigenvalue weighted by molar-refractivity contribution is -0.124. The molecule has 21 heavy (non-hydrogen) atoms. The van der Waals surface area contributed by atoms with Gasteiger partial charge in [-0.3, -0.25) is 9.59 Å². The Labute approximate surface area is 122 Å². The number of imidazole rings is 1. The second-order valence-corrected chi connectivity index (χ2v) is 4.98. The molecule has 108 valence electrons. The molecule has 3 rings (SSSR count). The van der Waals surface area contributed by atoms with E-state index in [0.717, 1.165) is 12.0 Å². The van der Waals surface area contributed by atoms with Gasteiger partial charge in [0.1, 0.15) is 11.9 Å². The monoisotopic (exact) mass is 284 g/mol. The lowest BCUT2D eigenvalue weighted by Gasteiger charge is -2.22. The molecule has 0 aliphatic carbocycles. The van der Waals surface area contributed by atoms with Gasteiger partial charge in [0, 0.05) is 30.1 Å². The topological polar surface area (TPSA) is 86.9 Å². The van der Waals surface area contributed by atoms with E-state index in [0.29, 0.717) is 24.4 Å². The molecule has 1 aromatic heterocycles. The van der Waals surface area contributed by atoms with Crippen molar-refractivity contribution in [2.45, 2.75) is 18.9 Å². The van der Waals surface area contributed by atoms with Crippen LogP contribution in [-0.4, -0.2) is 34.4 Å². The van der Waals surface area contributed by atoms with Crippen molar-refractivity contribution in [3.8, 4) is 11.4 Å². The molecule has 1 atom stereocenters. The number of hydrogen-bond acceptors (Lipinski definition) is 3.